The Kier molecular flexibility index (Phi) is 6.15. The third-order valence-electron chi connectivity index (χ3n) is 7.12. The third kappa shape index (κ3) is 4.44. The van der Waals surface area contributed by atoms with Crippen molar-refractivity contribution in [2.45, 2.75) is 0 Å². The van der Waals surface area contributed by atoms with Crippen LogP contribution in [0.1, 0.15) is 0 Å². The quantitative estimate of drug-likeness (QED) is 0.221. The summed E-state index contributed by atoms with van der Waals surface area (Å²) in [6.45, 7) is 0. The van der Waals surface area contributed by atoms with Crippen molar-refractivity contribution in [1.29, 1.82) is 0 Å². The molecule has 0 saturated carbocycles. The Labute approximate surface area is 233 Å². The van der Waals surface area contributed by atoms with Gasteiger partial charge in [0.2, 0.25) is 5.89 Å². The Bertz CT molecular complexity index is 1880. The number of rotatable bonds is 6. The maximum atomic E-state index is 6.13. The predicted octanol–water partition coefficient (Wildman–Crippen LogP) is 10.3. The molecule has 1 heterocycles. The zero-order valence-electron chi connectivity index (χ0n) is 21.8. The minimum Gasteiger partial charge on any atom is -0.436 e. The summed E-state index contributed by atoms with van der Waals surface area (Å²) in [6, 6.07) is 54.5. The molecule has 7 rings (SSSR count). The SMILES string of the molecule is c1ccc(-c2nc3c(-c4ccc(N(c5ccccc5)c5ccccc5-c5ccccc5)cc4)cccc3o2)cc1. The highest BCUT2D eigenvalue weighted by Gasteiger charge is 2.18. The average molecular weight is 515 g/mol. The summed E-state index contributed by atoms with van der Waals surface area (Å²) in [7, 11) is 0. The Morgan fingerprint density at radius 1 is 0.425 bits per heavy atom. The minimum absolute atomic E-state index is 0.632. The molecule has 0 aliphatic heterocycles. The highest BCUT2D eigenvalue weighted by atomic mass is 16.3. The van der Waals surface area contributed by atoms with Gasteiger partial charge in [0.15, 0.2) is 5.58 Å². The summed E-state index contributed by atoms with van der Waals surface area (Å²) in [4.78, 5) is 7.20. The molecule has 7 aromatic rings. The van der Waals surface area contributed by atoms with Crippen molar-refractivity contribution in [2.24, 2.45) is 0 Å². The normalized spacial score (nSPS) is 11.0. The number of oxazole rings is 1. The molecule has 0 bridgehead atoms. The Balaban J connectivity index is 1.32. The standard InChI is InChI=1S/C37H26N2O/c1-4-13-27(14-5-1)32-19-10-11-21-34(32)39(30-17-8-3-9-18-30)31-25-23-28(24-26-31)33-20-12-22-35-36(33)38-37(40-35)29-15-6-2-7-16-29/h1-26H. The highest BCUT2D eigenvalue weighted by Crippen LogP contribution is 2.41. The lowest BCUT2D eigenvalue weighted by Gasteiger charge is -2.28. The third-order valence-corrected chi connectivity index (χ3v) is 7.12. The molecule has 3 nitrogen and oxygen atoms in total. The zero-order chi connectivity index (χ0) is 26.7. The van der Waals surface area contributed by atoms with Crippen LogP contribution in [-0.4, -0.2) is 4.98 Å². The van der Waals surface area contributed by atoms with Crippen molar-refractivity contribution in [3.8, 4) is 33.7 Å². The van der Waals surface area contributed by atoms with E-state index in [9.17, 15) is 0 Å². The fraction of sp³-hybridized carbons (Fsp3) is 0. The number of anilines is 3. The highest BCUT2D eigenvalue weighted by molar-refractivity contribution is 5.93. The van der Waals surface area contributed by atoms with E-state index in [0.717, 1.165) is 44.9 Å². The molecule has 0 radical (unpaired) electrons. The van der Waals surface area contributed by atoms with Gasteiger partial charge in [-0.15, -0.1) is 0 Å². The molecule has 0 unspecified atom stereocenters. The Morgan fingerprint density at radius 2 is 0.975 bits per heavy atom. The van der Waals surface area contributed by atoms with Crippen LogP contribution < -0.4 is 4.90 Å². The molecule has 190 valence electrons. The lowest BCUT2D eigenvalue weighted by Crippen LogP contribution is -2.11. The van der Waals surface area contributed by atoms with E-state index in [2.05, 4.69) is 120 Å². The molecule has 1 aromatic heterocycles. The Morgan fingerprint density at radius 3 is 1.70 bits per heavy atom. The molecule has 0 saturated heterocycles. The molecule has 0 aliphatic carbocycles. The van der Waals surface area contributed by atoms with Gasteiger partial charge in [-0.3, -0.25) is 0 Å². The van der Waals surface area contributed by atoms with Crippen molar-refractivity contribution >= 4 is 28.2 Å². The molecule has 0 aliphatic rings. The average Bonchev–Trinajstić information content (AvgIpc) is 3.48. The summed E-state index contributed by atoms with van der Waals surface area (Å²) in [5, 5.41) is 0. The first-order chi connectivity index (χ1) is 19.8. The topological polar surface area (TPSA) is 29.3 Å². The van der Waals surface area contributed by atoms with E-state index in [4.69, 9.17) is 9.40 Å². The number of aromatic nitrogens is 1. The van der Waals surface area contributed by atoms with Crippen LogP contribution in [-0.2, 0) is 0 Å². The number of benzene rings is 6. The van der Waals surface area contributed by atoms with Crippen molar-refractivity contribution in [3.05, 3.63) is 158 Å². The summed E-state index contributed by atoms with van der Waals surface area (Å²) < 4.78 is 6.13. The number of para-hydroxylation sites is 3. The molecule has 0 N–H and O–H groups in total. The predicted molar refractivity (Wildman–Crippen MR) is 165 cm³/mol. The summed E-state index contributed by atoms with van der Waals surface area (Å²) in [5.74, 6) is 0.632. The first-order valence-corrected chi connectivity index (χ1v) is 13.4. The van der Waals surface area contributed by atoms with Gasteiger partial charge in [0.25, 0.3) is 0 Å². The monoisotopic (exact) mass is 514 g/mol. The molecule has 0 amide bonds. The van der Waals surface area contributed by atoms with Crippen LogP contribution in [0.25, 0.3) is 44.8 Å². The van der Waals surface area contributed by atoms with Gasteiger partial charge in [-0.05, 0) is 59.7 Å². The van der Waals surface area contributed by atoms with E-state index >= 15 is 0 Å². The molecular formula is C37H26N2O. The fourth-order valence-electron chi connectivity index (χ4n) is 5.21. The van der Waals surface area contributed by atoms with Gasteiger partial charge in [0.1, 0.15) is 5.52 Å². The molecule has 6 aromatic carbocycles. The largest absolute Gasteiger partial charge is 0.436 e. The van der Waals surface area contributed by atoms with E-state index in [0.29, 0.717) is 5.89 Å². The molecule has 0 fully saturated rings. The number of nitrogens with zero attached hydrogens (tertiary/aromatic N) is 2. The van der Waals surface area contributed by atoms with Gasteiger partial charge in [-0.25, -0.2) is 4.98 Å². The van der Waals surface area contributed by atoms with Crippen LogP contribution in [0.15, 0.2) is 162 Å². The van der Waals surface area contributed by atoms with Gasteiger partial charge in [0.05, 0.1) is 5.69 Å². The summed E-state index contributed by atoms with van der Waals surface area (Å²) in [6.07, 6.45) is 0. The van der Waals surface area contributed by atoms with Crippen LogP contribution in [0.5, 0.6) is 0 Å². The second kappa shape index (κ2) is 10.4. The van der Waals surface area contributed by atoms with Gasteiger partial charge in [-0.2, -0.15) is 0 Å². The van der Waals surface area contributed by atoms with E-state index in [1.54, 1.807) is 0 Å². The first-order valence-electron chi connectivity index (χ1n) is 13.4. The maximum absolute atomic E-state index is 6.13. The van der Waals surface area contributed by atoms with Crippen LogP contribution in [0.4, 0.5) is 17.1 Å². The van der Waals surface area contributed by atoms with Crippen molar-refractivity contribution in [1.82, 2.24) is 4.98 Å². The zero-order valence-corrected chi connectivity index (χ0v) is 21.8. The van der Waals surface area contributed by atoms with Gasteiger partial charge in [-0.1, -0.05) is 109 Å². The van der Waals surface area contributed by atoms with Crippen molar-refractivity contribution in [3.63, 3.8) is 0 Å². The minimum atomic E-state index is 0.632. The van der Waals surface area contributed by atoms with Gasteiger partial charge >= 0.3 is 0 Å². The van der Waals surface area contributed by atoms with E-state index < -0.39 is 0 Å². The van der Waals surface area contributed by atoms with Crippen LogP contribution in [0.2, 0.25) is 0 Å². The van der Waals surface area contributed by atoms with Crippen molar-refractivity contribution in [2.75, 3.05) is 4.90 Å². The summed E-state index contributed by atoms with van der Waals surface area (Å²) in [5.41, 5.74) is 10.4. The van der Waals surface area contributed by atoms with E-state index in [1.807, 2.05) is 42.5 Å². The maximum Gasteiger partial charge on any atom is 0.227 e. The van der Waals surface area contributed by atoms with Crippen LogP contribution in [0, 0.1) is 0 Å². The molecule has 0 spiro atoms. The van der Waals surface area contributed by atoms with Gasteiger partial charge in [0, 0.05) is 28.1 Å². The summed E-state index contributed by atoms with van der Waals surface area (Å²) >= 11 is 0. The van der Waals surface area contributed by atoms with Crippen LogP contribution in [0.3, 0.4) is 0 Å². The van der Waals surface area contributed by atoms with Gasteiger partial charge < -0.3 is 9.32 Å². The lowest BCUT2D eigenvalue weighted by molar-refractivity contribution is 0.620. The smallest absolute Gasteiger partial charge is 0.227 e. The molecule has 0 atom stereocenters. The number of hydrogen-bond donors (Lipinski definition) is 0. The van der Waals surface area contributed by atoms with Crippen LogP contribution >= 0.6 is 0 Å². The number of fused-ring (bicyclic) bond motifs is 1. The second-order valence-electron chi connectivity index (χ2n) is 9.64. The number of hydrogen-bond acceptors (Lipinski definition) is 3. The first kappa shape index (κ1) is 23.7. The van der Waals surface area contributed by atoms with Crippen molar-refractivity contribution < 1.29 is 4.42 Å². The Hall–Kier alpha value is -5.41. The molecule has 3 heteroatoms. The molecule has 40 heavy (non-hydrogen) atoms. The van der Waals surface area contributed by atoms with E-state index in [-0.39, 0.29) is 0 Å². The molecular weight excluding hydrogens is 488 g/mol. The second-order valence-corrected chi connectivity index (χ2v) is 9.64. The van der Waals surface area contributed by atoms with E-state index in [1.165, 1.54) is 11.1 Å². The lowest BCUT2D eigenvalue weighted by atomic mass is 10.0. The fourth-order valence-corrected chi connectivity index (χ4v) is 5.21.